The van der Waals surface area contributed by atoms with Crippen molar-refractivity contribution >= 4 is 17.2 Å². The van der Waals surface area contributed by atoms with Crippen LogP contribution in [0.5, 0.6) is 11.5 Å². The zero-order chi connectivity index (χ0) is 19.4. The first-order valence-corrected chi connectivity index (χ1v) is 9.47. The predicted molar refractivity (Wildman–Crippen MR) is 105 cm³/mol. The minimum atomic E-state index is -0.0849. The van der Waals surface area contributed by atoms with E-state index in [1.54, 1.807) is 7.11 Å². The summed E-state index contributed by atoms with van der Waals surface area (Å²) in [7, 11) is 3.53. The Kier molecular flexibility index (Phi) is 5.81. The van der Waals surface area contributed by atoms with Crippen molar-refractivity contribution in [2.45, 2.75) is 27.0 Å². The first-order chi connectivity index (χ1) is 13.0. The minimum Gasteiger partial charge on any atom is -0.497 e. The molecule has 6 nitrogen and oxygen atoms in total. The van der Waals surface area contributed by atoms with Crippen LogP contribution in [-0.4, -0.2) is 22.8 Å². The monoisotopic (exact) mass is 385 g/mol. The molecule has 0 fully saturated rings. The number of methoxy groups -OCH3 is 1. The molecule has 1 amide bonds. The van der Waals surface area contributed by atoms with Crippen molar-refractivity contribution in [1.29, 1.82) is 0 Å². The number of rotatable bonds is 7. The van der Waals surface area contributed by atoms with E-state index in [9.17, 15) is 4.79 Å². The number of hydrogen-bond acceptors (Lipinski definition) is 5. The van der Waals surface area contributed by atoms with Crippen molar-refractivity contribution in [3.05, 3.63) is 63.1 Å². The first-order valence-electron chi connectivity index (χ1n) is 8.59. The van der Waals surface area contributed by atoms with Gasteiger partial charge in [-0.3, -0.25) is 9.48 Å². The van der Waals surface area contributed by atoms with Crippen LogP contribution in [0.3, 0.4) is 0 Å². The summed E-state index contributed by atoms with van der Waals surface area (Å²) in [5, 5.41) is 9.29. The summed E-state index contributed by atoms with van der Waals surface area (Å²) in [6.45, 7) is 4.84. The SMILES string of the molecule is COc1ccc(OCc2csc(C(=O)NCc3c(C)nn(C)c3C)c2)cc1. The third-order valence-electron chi connectivity index (χ3n) is 4.43. The third kappa shape index (κ3) is 4.49. The second-order valence-corrected chi connectivity index (χ2v) is 7.15. The number of hydrogen-bond donors (Lipinski definition) is 1. The van der Waals surface area contributed by atoms with Crippen molar-refractivity contribution in [3.8, 4) is 11.5 Å². The Hall–Kier alpha value is -2.80. The van der Waals surface area contributed by atoms with Crippen molar-refractivity contribution < 1.29 is 14.3 Å². The van der Waals surface area contributed by atoms with E-state index in [2.05, 4.69) is 10.4 Å². The maximum atomic E-state index is 12.4. The average molecular weight is 385 g/mol. The summed E-state index contributed by atoms with van der Waals surface area (Å²) in [5.74, 6) is 1.46. The molecule has 1 N–H and O–H groups in total. The van der Waals surface area contributed by atoms with E-state index in [0.29, 0.717) is 18.0 Å². The van der Waals surface area contributed by atoms with Gasteiger partial charge in [0.25, 0.3) is 5.91 Å². The molecule has 7 heteroatoms. The number of carbonyl (C=O) groups excluding carboxylic acids is 1. The lowest BCUT2D eigenvalue weighted by atomic mass is 10.2. The van der Waals surface area contributed by atoms with Crippen molar-refractivity contribution in [3.63, 3.8) is 0 Å². The van der Waals surface area contributed by atoms with Gasteiger partial charge in [0.05, 0.1) is 17.7 Å². The highest BCUT2D eigenvalue weighted by Gasteiger charge is 2.13. The fraction of sp³-hybridized carbons (Fsp3) is 0.300. The van der Waals surface area contributed by atoms with E-state index in [1.165, 1.54) is 11.3 Å². The minimum absolute atomic E-state index is 0.0849. The molecule has 0 bridgehead atoms. The molecule has 0 atom stereocenters. The maximum Gasteiger partial charge on any atom is 0.261 e. The van der Waals surface area contributed by atoms with E-state index in [-0.39, 0.29) is 5.91 Å². The summed E-state index contributed by atoms with van der Waals surface area (Å²) in [6, 6.07) is 9.29. The molecule has 3 aromatic rings. The number of aryl methyl sites for hydroxylation is 2. The number of nitrogens with zero attached hydrogens (tertiary/aromatic N) is 2. The number of ether oxygens (including phenoxy) is 2. The lowest BCUT2D eigenvalue weighted by Gasteiger charge is -2.06. The van der Waals surface area contributed by atoms with Gasteiger partial charge in [0, 0.05) is 30.4 Å². The molecule has 0 aliphatic carbocycles. The van der Waals surface area contributed by atoms with Crippen LogP contribution >= 0.6 is 11.3 Å². The Morgan fingerprint density at radius 3 is 2.56 bits per heavy atom. The highest BCUT2D eigenvalue weighted by molar-refractivity contribution is 7.12. The molecule has 27 heavy (non-hydrogen) atoms. The average Bonchev–Trinajstić information content (AvgIpc) is 3.24. The Labute approximate surface area is 162 Å². The zero-order valence-electron chi connectivity index (χ0n) is 15.9. The Morgan fingerprint density at radius 1 is 1.22 bits per heavy atom. The van der Waals surface area contributed by atoms with Gasteiger partial charge in [-0.15, -0.1) is 11.3 Å². The fourth-order valence-corrected chi connectivity index (χ4v) is 3.55. The molecule has 2 heterocycles. The van der Waals surface area contributed by atoms with Crippen LogP contribution < -0.4 is 14.8 Å². The van der Waals surface area contributed by atoms with Crippen LogP contribution in [0.1, 0.15) is 32.2 Å². The molecule has 1 aromatic carbocycles. The normalized spacial score (nSPS) is 10.7. The quantitative estimate of drug-likeness (QED) is 0.675. The van der Waals surface area contributed by atoms with Crippen LogP contribution in [0, 0.1) is 13.8 Å². The van der Waals surface area contributed by atoms with Crippen LogP contribution in [0.2, 0.25) is 0 Å². The van der Waals surface area contributed by atoms with Gasteiger partial charge < -0.3 is 14.8 Å². The highest BCUT2D eigenvalue weighted by Crippen LogP contribution is 2.20. The van der Waals surface area contributed by atoms with Crippen LogP contribution in [-0.2, 0) is 20.2 Å². The van der Waals surface area contributed by atoms with Crippen molar-refractivity contribution in [2.24, 2.45) is 7.05 Å². The van der Waals surface area contributed by atoms with Gasteiger partial charge in [0.15, 0.2) is 0 Å². The third-order valence-corrected chi connectivity index (χ3v) is 5.40. The molecule has 0 spiro atoms. The number of thiophene rings is 1. The summed E-state index contributed by atoms with van der Waals surface area (Å²) in [6.07, 6.45) is 0. The fourth-order valence-electron chi connectivity index (χ4n) is 2.74. The molecule has 0 radical (unpaired) electrons. The van der Waals surface area contributed by atoms with Gasteiger partial charge in [-0.1, -0.05) is 0 Å². The number of carbonyl (C=O) groups is 1. The molecule has 0 saturated carbocycles. The predicted octanol–water partition coefficient (Wildman–Crippen LogP) is 3.62. The van der Waals surface area contributed by atoms with Gasteiger partial charge in [0.2, 0.25) is 0 Å². The van der Waals surface area contributed by atoms with E-state index in [0.717, 1.165) is 34.0 Å². The smallest absolute Gasteiger partial charge is 0.261 e. The Morgan fingerprint density at radius 2 is 1.93 bits per heavy atom. The van der Waals surface area contributed by atoms with Crippen molar-refractivity contribution in [2.75, 3.05) is 7.11 Å². The summed E-state index contributed by atoms with van der Waals surface area (Å²) >= 11 is 1.41. The van der Waals surface area contributed by atoms with E-state index in [4.69, 9.17) is 9.47 Å². The first kappa shape index (κ1) is 19.0. The van der Waals surface area contributed by atoms with Gasteiger partial charge >= 0.3 is 0 Å². The summed E-state index contributed by atoms with van der Waals surface area (Å²) < 4.78 is 12.7. The number of nitrogens with one attached hydrogen (secondary N) is 1. The zero-order valence-corrected chi connectivity index (χ0v) is 16.7. The summed E-state index contributed by atoms with van der Waals surface area (Å²) in [4.78, 5) is 13.1. The number of benzene rings is 1. The van der Waals surface area contributed by atoms with Crippen LogP contribution in [0.4, 0.5) is 0 Å². The Balaban J connectivity index is 1.55. The van der Waals surface area contributed by atoms with Gasteiger partial charge in [-0.05, 0) is 49.6 Å². The lowest BCUT2D eigenvalue weighted by molar-refractivity contribution is 0.0955. The van der Waals surface area contributed by atoms with Gasteiger partial charge in [-0.25, -0.2) is 0 Å². The van der Waals surface area contributed by atoms with Gasteiger partial charge in [0.1, 0.15) is 18.1 Å². The highest BCUT2D eigenvalue weighted by atomic mass is 32.1. The number of aromatic nitrogens is 2. The topological polar surface area (TPSA) is 65.4 Å². The molecule has 2 aromatic heterocycles. The van der Waals surface area contributed by atoms with Crippen LogP contribution in [0.25, 0.3) is 0 Å². The molecule has 0 aliphatic rings. The lowest BCUT2D eigenvalue weighted by Crippen LogP contribution is -2.22. The van der Waals surface area contributed by atoms with E-state index in [1.807, 2.05) is 61.3 Å². The molecule has 0 aliphatic heterocycles. The molecular weight excluding hydrogens is 362 g/mol. The second-order valence-electron chi connectivity index (χ2n) is 6.24. The van der Waals surface area contributed by atoms with Crippen LogP contribution in [0.15, 0.2) is 35.7 Å². The van der Waals surface area contributed by atoms with E-state index < -0.39 is 0 Å². The van der Waals surface area contributed by atoms with E-state index >= 15 is 0 Å². The standard InChI is InChI=1S/C20H23N3O3S/c1-13-18(14(2)23(3)22-13)10-21-20(24)19-9-15(12-27-19)11-26-17-7-5-16(25-4)6-8-17/h5-9,12H,10-11H2,1-4H3,(H,21,24). The number of amides is 1. The van der Waals surface area contributed by atoms with Gasteiger partial charge in [-0.2, -0.15) is 5.10 Å². The molecule has 3 rings (SSSR count). The molecule has 142 valence electrons. The second kappa shape index (κ2) is 8.26. The molecular formula is C20H23N3O3S. The largest absolute Gasteiger partial charge is 0.497 e. The van der Waals surface area contributed by atoms with Crippen molar-refractivity contribution in [1.82, 2.24) is 15.1 Å². The Bertz CT molecular complexity index is 929. The molecule has 0 unspecified atom stereocenters. The maximum absolute atomic E-state index is 12.4. The molecule has 0 saturated heterocycles. The summed E-state index contributed by atoms with van der Waals surface area (Å²) in [5.41, 5.74) is 4.03.